The van der Waals surface area contributed by atoms with Crippen molar-refractivity contribution in [3.05, 3.63) is 46.7 Å². The van der Waals surface area contributed by atoms with Gasteiger partial charge in [-0.3, -0.25) is 0 Å². The van der Waals surface area contributed by atoms with Gasteiger partial charge >= 0.3 is 0 Å². The van der Waals surface area contributed by atoms with Crippen molar-refractivity contribution in [3.8, 4) is 0 Å². The van der Waals surface area contributed by atoms with Crippen LogP contribution in [-0.4, -0.2) is 21.0 Å². The smallest absolute Gasteiger partial charge is 0.192 e. The first-order valence-corrected chi connectivity index (χ1v) is 6.53. The molecular weight excluding hydrogens is 284 g/mol. The summed E-state index contributed by atoms with van der Waals surface area (Å²) in [6.45, 7) is 1.92. The van der Waals surface area contributed by atoms with E-state index in [2.05, 4.69) is 15.1 Å². The molecule has 0 aliphatic carbocycles. The van der Waals surface area contributed by atoms with Gasteiger partial charge in [0.15, 0.2) is 11.0 Å². The molecule has 0 amide bonds. The Bertz CT molecular complexity index is 616. The lowest BCUT2D eigenvalue weighted by molar-refractivity contribution is 0.318. The topological polar surface area (TPSA) is 84.4 Å². The molecule has 0 radical (unpaired) electrons. The van der Waals surface area contributed by atoms with E-state index in [1.807, 2.05) is 6.92 Å². The molecule has 3 N–H and O–H groups in total. The second kappa shape index (κ2) is 5.90. The van der Waals surface area contributed by atoms with Crippen LogP contribution >= 0.6 is 23.4 Å². The van der Waals surface area contributed by atoms with Crippen molar-refractivity contribution in [2.24, 2.45) is 10.9 Å². The molecule has 19 heavy (non-hydrogen) atoms. The van der Waals surface area contributed by atoms with E-state index in [1.165, 1.54) is 11.8 Å². The molecule has 0 fully saturated rings. The molecule has 1 aromatic heterocycles. The van der Waals surface area contributed by atoms with Crippen molar-refractivity contribution >= 4 is 29.2 Å². The van der Waals surface area contributed by atoms with E-state index < -0.39 is 0 Å². The number of hydrogen-bond donors (Lipinski definition) is 2. The standard InChI is InChI=1S/C12H11ClN4OS/c1-7-5-15-12(16-6-7)19-10-3-2-8(13)4-9(10)11(14)17-18/h2-6,18H,1H3,(H2,14,17). The fourth-order valence-corrected chi connectivity index (χ4v) is 2.37. The molecule has 0 spiro atoms. The Labute approximate surface area is 119 Å². The van der Waals surface area contributed by atoms with E-state index in [4.69, 9.17) is 22.5 Å². The average molecular weight is 295 g/mol. The van der Waals surface area contributed by atoms with Gasteiger partial charge in [-0.05, 0) is 42.4 Å². The Kier molecular flexibility index (Phi) is 4.24. The minimum atomic E-state index is -0.00267. The molecule has 5 nitrogen and oxygen atoms in total. The fourth-order valence-electron chi connectivity index (χ4n) is 1.38. The fraction of sp³-hybridized carbons (Fsp3) is 0.0833. The molecule has 0 atom stereocenters. The van der Waals surface area contributed by atoms with E-state index >= 15 is 0 Å². The highest BCUT2D eigenvalue weighted by atomic mass is 35.5. The van der Waals surface area contributed by atoms with E-state index in [1.54, 1.807) is 30.6 Å². The van der Waals surface area contributed by atoms with Crippen LogP contribution in [0.15, 0.2) is 45.8 Å². The van der Waals surface area contributed by atoms with Gasteiger partial charge in [0.25, 0.3) is 0 Å². The van der Waals surface area contributed by atoms with E-state index in [9.17, 15) is 0 Å². The number of nitrogens with two attached hydrogens (primary N) is 1. The van der Waals surface area contributed by atoms with E-state index in [0.717, 1.165) is 10.5 Å². The Morgan fingerprint density at radius 2 is 2.05 bits per heavy atom. The van der Waals surface area contributed by atoms with Crippen LogP contribution in [0.3, 0.4) is 0 Å². The Hall–Kier alpha value is -1.79. The van der Waals surface area contributed by atoms with E-state index in [0.29, 0.717) is 15.7 Å². The van der Waals surface area contributed by atoms with Crippen LogP contribution in [0, 0.1) is 6.92 Å². The van der Waals surface area contributed by atoms with Crippen LogP contribution in [0.2, 0.25) is 5.02 Å². The zero-order valence-corrected chi connectivity index (χ0v) is 11.6. The summed E-state index contributed by atoms with van der Waals surface area (Å²) in [6.07, 6.45) is 3.46. The summed E-state index contributed by atoms with van der Waals surface area (Å²) in [5.74, 6) is -0.00267. The van der Waals surface area contributed by atoms with Gasteiger partial charge in [-0.25, -0.2) is 9.97 Å². The molecule has 0 saturated heterocycles. The Morgan fingerprint density at radius 1 is 1.37 bits per heavy atom. The van der Waals surface area contributed by atoms with Gasteiger partial charge in [-0.2, -0.15) is 0 Å². The minimum absolute atomic E-state index is 0.00267. The summed E-state index contributed by atoms with van der Waals surface area (Å²) < 4.78 is 0. The number of benzene rings is 1. The maximum Gasteiger partial charge on any atom is 0.192 e. The third-order valence-corrected chi connectivity index (χ3v) is 3.49. The number of halogens is 1. The van der Waals surface area contributed by atoms with Gasteiger partial charge in [0, 0.05) is 27.9 Å². The number of aryl methyl sites for hydroxylation is 1. The highest BCUT2D eigenvalue weighted by molar-refractivity contribution is 7.99. The predicted octanol–water partition coefficient (Wildman–Crippen LogP) is 2.68. The number of oxime groups is 1. The van der Waals surface area contributed by atoms with Crippen molar-refractivity contribution in [2.75, 3.05) is 0 Å². The molecule has 1 aromatic carbocycles. The molecule has 0 aliphatic heterocycles. The van der Waals surface area contributed by atoms with Gasteiger partial charge in [0.1, 0.15) is 0 Å². The minimum Gasteiger partial charge on any atom is -0.409 e. The van der Waals surface area contributed by atoms with Crippen molar-refractivity contribution in [1.82, 2.24) is 9.97 Å². The predicted molar refractivity (Wildman–Crippen MR) is 74.9 cm³/mol. The highest BCUT2D eigenvalue weighted by Crippen LogP contribution is 2.29. The van der Waals surface area contributed by atoms with Crippen LogP contribution in [0.5, 0.6) is 0 Å². The average Bonchev–Trinajstić information content (AvgIpc) is 2.42. The highest BCUT2D eigenvalue weighted by Gasteiger charge is 2.11. The lowest BCUT2D eigenvalue weighted by atomic mass is 10.2. The monoisotopic (exact) mass is 294 g/mol. The zero-order chi connectivity index (χ0) is 13.8. The quantitative estimate of drug-likeness (QED) is 0.299. The maximum absolute atomic E-state index is 8.79. The van der Waals surface area contributed by atoms with Crippen LogP contribution in [0.25, 0.3) is 0 Å². The number of hydrogen-bond acceptors (Lipinski definition) is 5. The first kappa shape index (κ1) is 13.6. The summed E-state index contributed by atoms with van der Waals surface area (Å²) in [7, 11) is 0. The van der Waals surface area contributed by atoms with E-state index in [-0.39, 0.29) is 5.84 Å². The Morgan fingerprint density at radius 3 is 2.68 bits per heavy atom. The molecule has 2 rings (SSSR count). The second-order valence-corrected chi connectivity index (χ2v) is 5.22. The second-order valence-electron chi connectivity index (χ2n) is 3.77. The normalized spacial score (nSPS) is 11.6. The molecule has 2 aromatic rings. The van der Waals surface area contributed by atoms with Crippen molar-refractivity contribution < 1.29 is 5.21 Å². The van der Waals surface area contributed by atoms with Gasteiger partial charge in [0.2, 0.25) is 0 Å². The summed E-state index contributed by atoms with van der Waals surface area (Å²) in [4.78, 5) is 9.16. The molecule has 98 valence electrons. The first-order chi connectivity index (χ1) is 9.10. The van der Waals surface area contributed by atoms with Crippen LogP contribution in [-0.2, 0) is 0 Å². The molecule has 1 heterocycles. The first-order valence-electron chi connectivity index (χ1n) is 5.34. The lowest BCUT2D eigenvalue weighted by Crippen LogP contribution is -2.14. The third-order valence-electron chi connectivity index (χ3n) is 2.28. The summed E-state index contributed by atoms with van der Waals surface area (Å²) in [6, 6.07) is 5.14. The van der Waals surface area contributed by atoms with Crippen LogP contribution in [0.4, 0.5) is 0 Å². The number of amidine groups is 1. The SMILES string of the molecule is Cc1cnc(Sc2ccc(Cl)cc2/C(N)=N/O)nc1. The van der Waals surface area contributed by atoms with Crippen molar-refractivity contribution in [3.63, 3.8) is 0 Å². The molecule has 0 saturated carbocycles. The largest absolute Gasteiger partial charge is 0.409 e. The molecule has 0 unspecified atom stereocenters. The molecule has 0 bridgehead atoms. The lowest BCUT2D eigenvalue weighted by Gasteiger charge is -2.07. The molecular formula is C12H11ClN4OS. The van der Waals surface area contributed by atoms with Gasteiger partial charge in [-0.1, -0.05) is 16.8 Å². The van der Waals surface area contributed by atoms with Crippen molar-refractivity contribution in [2.45, 2.75) is 17.0 Å². The van der Waals surface area contributed by atoms with Crippen molar-refractivity contribution in [1.29, 1.82) is 0 Å². The third kappa shape index (κ3) is 3.36. The number of aromatic nitrogens is 2. The molecule has 0 aliphatic rings. The summed E-state index contributed by atoms with van der Waals surface area (Å²) in [5, 5.41) is 12.9. The van der Waals surface area contributed by atoms with Gasteiger partial charge < -0.3 is 10.9 Å². The molecule has 7 heteroatoms. The van der Waals surface area contributed by atoms with Crippen LogP contribution < -0.4 is 5.73 Å². The van der Waals surface area contributed by atoms with Gasteiger partial charge in [0.05, 0.1) is 0 Å². The Balaban J connectivity index is 2.37. The van der Waals surface area contributed by atoms with Crippen LogP contribution in [0.1, 0.15) is 11.1 Å². The summed E-state index contributed by atoms with van der Waals surface area (Å²) >= 11 is 7.23. The summed E-state index contributed by atoms with van der Waals surface area (Å²) in [5.41, 5.74) is 7.16. The number of rotatable bonds is 3. The number of nitrogens with zero attached hydrogens (tertiary/aromatic N) is 3. The van der Waals surface area contributed by atoms with Gasteiger partial charge in [-0.15, -0.1) is 0 Å². The zero-order valence-electron chi connectivity index (χ0n) is 10.0. The maximum atomic E-state index is 8.79.